The Morgan fingerprint density at radius 2 is 2.23 bits per heavy atom. The molecule has 68 valence electrons. The van der Waals surface area contributed by atoms with Crippen molar-refractivity contribution in [3.8, 4) is 11.5 Å². The Morgan fingerprint density at radius 1 is 1.46 bits per heavy atom. The Kier molecular flexibility index (Phi) is 1.88. The van der Waals surface area contributed by atoms with E-state index >= 15 is 0 Å². The van der Waals surface area contributed by atoms with Gasteiger partial charge in [-0.05, 0) is 12.1 Å². The topological polar surface area (TPSA) is 46.5 Å². The minimum absolute atomic E-state index is 0.0813. The van der Waals surface area contributed by atoms with Crippen LogP contribution in [0.2, 0.25) is 5.02 Å². The number of fused-ring (bicyclic) bond motifs is 1. The number of ketones is 1. The van der Waals surface area contributed by atoms with Crippen molar-refractivity contribution in [2.24, 2.45) is 0 Å². The number of ether oxygens (including phenoxy) is 1. The van der Waals surface area contributed by atoms with Crippen LogP contribution in [0.5, 0.6) is 11.5 Å². The Bertz CT molecular complexity index is 373. The van der Waals surface area contributed by atoms with Gasteiger partial charge in [0.05, 0.1) is 17.2 Å². The summed E-state index contributed by atoms with van der Waals surface area (Å²) in [5.74, 6) is 0.292. The number of carbonyl (C=O) groups excluding carboxylic acids is 1. The molecular formula is C9H7ClO3. The first kappa shape index (κ1) is 8.38. The van der Waals surface area contributed by atoms with Gasteiger partial charge in [-0.25, -0.2) is 0 Å². The molecular weight excluding hydrogens is 192 g/mol. The molecule has 0 bridgehead atoms. The molecule has 0 spiro atoms. The fourth-order valence-electron chi connectivity index (χ4n) is 1.31. The predicted octanol–water partition coefficient (Wildman–Crippen LogP) is 2.01. The molecule has 1 aliphatic rings. The van der Waals surface area contributed by atoms with Gasteiger partial charge in [-0.15, -0.1) is 0 Å². The Balaban J connectivity index is 2.65. The molecule has 4 heteroatoms. The summed E-state index contributed by atoms with van der Waals surface area (Å²) in [5.41, 5.74) is 0.299. The number of hydrogen-bond acceptors (Lipinski definition) is 3. The Labute approximate surface area is 79.9 Å². The molecule has 0 atom stereocenters. The van der Waals surface area contributed by atoms with Crippen LogP contribution in [0.1, 0.15) is 16.8 Å². The molecule has 1 aliphatic heterocycles. The normalized spacial score (nSPS) is 15.0. The number of phenols is 1. The molecule has 0 fully saturated rings. The number of hydrogen-bond donors (Lipinski definition) is 1. The zero-order chi connectivity index (χ0) is 9.42. The van der Waals surface area contributed by atoms with E-state index in [1.165, 1.54) is 6.07 Å². The quantitative estimate of drug-likeness (QED) is 0.694. The molecule has 0 radical (unpaired) electrons. The second-order valence-electron chi connectivity index (χ2n) is 2.79. The van der Waals surface area contributed by atoms with Gasteiger partial charge in [-0.1, -0.05) is 11.6 Å². The second-order valence-corrected chi connectivity index (χ2v) is 3.17. The van der Waals surface area contributed by atoms with Crippen LogP contribution in [0.4, 0.5) is 0 Å². The van der Waals surface area contributed by atoms with Crippen LogP contribution in [-0.2, 0) is 0 Å². The molecule has 0 saturated carbocycles. The highest BCUT2D eigenvalue weighted by molar-refractivity contribution is 6.35. The number of aromatic hydroxyl groups is 1. The number of rotatable bonds is 0. The van der Waals surface area contributed by atoms with Gasteiger partial charge in [0.25, 0.3) is 0 Å². The molecule has 0 amide bonds. The van der Waals surface area contributed by atoms with Gasteiger partial charge < -0.3 is 9.84 Å². The predicted molar refractivity (Wildman–Crippen MR) is 47.6 cm³/mol. The van der Waals surface area contributed by atoms with E-state index in [0.29, 0.717) is 24.3 Å². The third kappa shape index (κ3) is 1.25. The summed E-state index contributed by atoms with van der Waals surface area (Å²) >= 11 is 5.76. The van der Waals surface area contributed by atoms with Crippen molar-refractivity contribution in [3.05, 3.63) is 22.7 Å². The molecule has 1 aromatic carbocycles. The summed E-state index contributed by atoms with van der Waals surface area (Å²) < 4.78 is 5.21. The average molecular weight is 199 g/mol. The summed E-state index contributed by atoms with van der Waals surface area (Å²) in [6, 6.07) is 2.97. The summed E-state index contributed by atoms with van der Waals surface area (Å²) in [4.78, 5) is 11.4. The van der Waals surface area contributed by atoms with E-state index in [-0.39, 0.29) is 16.6 Å². The lowest BCUT2D eigenvalue weighted by Crippen LogP contribution is -2.15. The third-order valence-corrected chi connectivity index (χ3v) is 2.33. The largest absolute Gasteiger partial charge is 0.506 e. The molecule has 2 rings (SSSR count). The van der Waals surface area contributed by atoms with Crippen molar-refractivity contribution < 1.29 is 14.6 Å². The third-order valence-electron chi connectivity index (χ3n) is 1.95. The van der Waals surface area contributed by atoms with Crippen LogP contribution in [-0.4, -0.2) is 17.5 Å². The first-order valence-corrected chi connectivity index (χ1v) is 4.25. The standard InChI is InChI=1S/C9H7ClO3/c10-9-6(12)1-2-7-8(9)5(11)3-4-13-7/h1-2,12H,3-4H2. The fourth-order valence-corrected chi connectivity index (χ4v) is 1.57. The zero-order valence-electron chi connectivity index (χ0n) is 6.71. The van der Waals surface area contributed by atoms with Gasteiger partial charge in [0.15, 0.2) is 5.78 Å². The van der Waals surface area contributed by atoms with Crippen molar-refractivity contribution in [3.63, 3.8) is 0 Å². The lowest BCUT2D eigenvalue weighted by Gasteiger charge is -2.17. The lowest BCUT2D eigenvalue weighted by molar-refractivity contribution is 0.0933. The van der Waals surface area contributed by atoms with Crippen LogP contribution in [0.3, 0.4) is 0 Å². The molecule has 0 aliphatic carbocycles. The minimum Gasteiger partial charge on any atom is -0.506 e. The van der Waals surface area contributed by atoms with Crippen molar-refractivity contribution in [2.45, 2.75) is 6.42 Å². The van der Waals surface area contributed by atoms with Gasteiger partial charge in [0.2, 0.25) is 0 Å². The highest BCUT2D eigenvalue weighted by atomic mass is 35.5. The van der Waals surface area contributed by atoms with Crippen LogP contribution in [0.15, 0.2) is 12.1 Å². The number of phenolic OH excluding ortho intramolecular Hbond substituents is 1. The average Bonchev–Trinajstić information content (AvgIpc) is 2.12. The van der Waals surface area contributed by atoms with Crippen LogP contribution < -0.4 is 4.74 Å². The van der Waals surface area contributed by atoms with Crippen molar-refractivity contribution >= 4 is 17.4 Å². The maximum Gasteiger partial charge on any atom is 0.171 e. The number of halogens is 1. The van der Waals surface area contributed by atoms with Gasteiger partial charge >= 0.3 is 0 Å². The van der Waals surface area contributed by atoms with E-state index in [0.717, 1.165) is 0 Å². The molecule has 0 unspecified atom stereocenters. The van der Waals surface area contributed by atoms with Crippen LogP contribution in [0.25, 0.3) is 0 Å². The van der Waals surface area contributed by atoms with Gasteiger partial charge in [-0.2, -0.15) is 0 Å². The lowest BCUT2D eigenvalue weighted by atomic mass is 10.0. The van der Waals surface area contributed by atoms with E-state index in [9.17, 15) is 9.90 Å². The SMILES string of the molecule is O=C1CCOc2ccc(O)c(Cl)c21. The van der Waals surface area contributed by atoms with Crippen LogP contribution in [0, 0.1) is 0 Å². The minimum atomic E-state index is -0.0840. The van der Waals surface area contributed by atoms with E-state index < -0.39 is 0 Å². The molecule has 3 nitrogen and oxygen atoms in total. The summed E-state index contributed by atoms with van der Waals surface area (Å²) in [5, 5.41) is 9.34. The van der Waals surface area contributed by atoms with Gasteiger partial charge in [0.1, 0.15) is 11.5 Å². The van der Waals surface area contributed by atoms with Crippen LogP contribution >= 0.6 is 11.6 Å². The molecule has 1 heterocycles. The molecule has 0 aromatic heterocycles. The zero-order valence-corrected chi connectivity index (χ0v) is 7.47. The van der Waals surface area contributed by atoms with E-state index in [1.54, 1.807) is 6.07 Å². The number of benzene rings is 1. The van der Waals surface area contributed by atoms with E-state index in [2.05, 4.69) is 0 Å². The molecule has 1 N–H and O–H groups in total. The Morgan fingerprint density at radius 3 is 3.00 bits per heavy atom. The monoisotopic (exact) mass is 198 g/mol. The van der Waals surface area contributed by atoms with E-state index in [1.807, 2.05) is 0 Å². The van der Waals surface area contributed by atoms with Gasteiger partial charge in [0, 0.05) is 6.42 Å². The highest BCUT2D eigenvalue weighted by Gasteiger charge is 2.23. The fraction of sp³-hybridized carbons (Fsp3) is 0.222. The number of carbonyl (C=O) groups is 1. The highest BCUT2D eigenvalue weighted by Crippen LogP contribution is 2.36. The summed E-state index contributed by atoms with van der Waals surface area (Å²) in [6.45, 7) is 0.382. The first-order chi connectivity index (χ1) is 6.20. The maximum atomic E-state index is 11.4. The van der Waals surface area contributed by atoms with Crippen molar-refractivity contribution in [1.29, 1.82) is 0 Å². The number of Topliss-reactive ketones (excluding diaryl/α,β-unsaturated/α-hetero) is 1. The first-order valence-electron chi connectivity index (χ1n) is 3.87. The van der Waals surface area contributed by atoms with Gasteiger partial charge in [-0.3, -0.25) is 4.79 Å². The summed E-state index contributed by atoms with van der Waals surface area (Å²) in [7, 11) is 0. The molecule has 13 heavy (non-hydrogen) atoms. The van der Waals surface area contributed by atoms with E-state index in [4.69, 9.17) is 16.3 Å². The van der Waals surface area contributed by atoms with Crippen molar-refractivity contribution in [2.75, 3.05) is 6.61 Å². The van der Waals surface area contributed by atoms with Crippen molar-refractivity contribution in [1.82, 2.24) is 0 Å². The Hall–Kier alpha value is -1.22. The second kappa shape index (κ2) is 2.92. The summed E-state index contributed by atoms with van der Waals surface area (Å²) in [6.07, 6.45) is 0.316. The maximum absolute atomic E-state index is 11.4. The molecule has 1 aromatic rings. The molecule has 0 saturated heterocycles. The smallest absolute Gasteiger partial charge is 0.171 e.